The lowest BCUT2D eigenvalue weighted by atomic mass is 10.2. The Morgan fingerprint density at radius 3 is 2.00 bits per heavy atom. The molecule has 6 heteroatoms. The molecule has 0 aliphatic heterocycles. The third kappa shape index (κ3) is 8.29. The van der Waals surface area contributed by atoms with Gasteiger partial charge in [-0.25, -0.2) is 4.79 Å². The summed E-state index contributed by atoms with van der Waals surface area (Å²) in [4.78, 5) is 11.6. The maximum atomic E-state index is 11.6. The zero-order valence-corrected chi connectivity index (χ0v) is 12.4. The summed E-state index contributed by atoms with van der Waals surface area (Å²) < 4.78 is 20.7. The molecule has 1 aromatic carbocycles. The van der Waals surface area contributed by atoms with Crippen LogP contribution in [0.3, 0.4) is 0 Å². The van der Waals surface area contributed by atoms with Crippen molar-refractivity contribution in [2.75, 3.05) is 52.0 Å². The van der Waals surface area contributed by atoms with Crippen molar-refractivity contribution in [3.63, 3.8) is 0 Å². The van der Waals surface area contributed by atoms with E-state index in [0.717, 1.165) is 0 Å². The van der Waals surface area contributed by atoms with Crippen LogP contribution in [0.2, 0.25) is 0 Å². The number of nitrogens with two attached hydrogens (primary N) is 1. The summed E-state index contributed by atoms with van der Waals surface area (Å²) in [6.07, 6.45) is 0. The van der Waals surface area contributed by atoms with E-state index in [4.69, 9.17) is 24.7 Å². The van der Waals surface area contributed by atoms with Crippen molar-refractivity contribution in [1.82, 2.24) is 0 Å². The highest BCUT2D eigenvalue weighted by atomic mass is 16.6. The predicted octanol–water partition coefficient (Wildman–Crippen LogP) is 1.50. The van der Waals surface area contributed by atoms with Crippen LogP contribution in [-0.4, -0.2) is 52.2 Å². The molecule has 0 heterocycles. The molecule has 0 saturated carbocycles. The number of hydrogen-bond donors (Lipinski definition) is 1. The Balaban J connectivity index is 1.96. The first-order valence-electron chi connectivity index (χ1n) is 7.00. The molecule has 0 unspecified atom stereocenters. The van der Waals surface area contributed by atoms with Crippen molar-refractivity contribution in [1.29, 1.82) is 0 Å². The van der Waals surface area contributed by atoms with E-state index < -0.39 is 0 Å². The fraction of sp³-hybridized carbons (Fsp3) is 0.533. The van der Waals surface area contributed by atoms with Gasteiger partial charge in [0.05, 0.1) is 38.6 Å². The number of anilines is 1. The van der Waals surface area contributed by atoms with Crippen molar-refractivity contribution < 1.29 is 23.7 Å². The van der Waals surface area contributed by atoms with Gasteiger partial charge in [-0.1, -0.05) is 0 Å². The summed E-state index contributed by atoms with van der Waals surface area (Å²) in [5, 5.41) is 0. The Kier molecular flexibility index (Phi) is 9.19. The van der Waals surface area contributed by atoms with Gasteiger partial charge < -0.3 is 24.7 Å². The van der Waals surface area contributed by atoms with E-state index in [0.29, 0.717) is 50.9 Å². The molecule has 1 rings (SSSR count). The van der Waals surface area contributed by atoms with Crippen LogP contribution in [-0.2, 0) is 18.9 Å². The zero-order chi connectivity index (χ0) is 15.3. The Morgan fingerprint density at radius 2 is 1.43 bits per heavy atom. The first kappa shape index (κ1) is 17.4. The van der Waals surface area contributed by atoms with E-state index >= 15 is 0 Å². The number of carbonyl (C=O) groups is 1. The largest absolute Gasteiger partial charge is 0.460 e. The highest BCUT2D eigenvalue weighted by Gasteiger charge is 2.05. The normalized spacial score (nSPS) is 10.5. The van der Waals surface area contributed by atoms with Gasteiger partial charge in [-0.3, -0.25) is 0 Å². The highest BCUT2D eigenvalue weighted by Crippen LogP contribution is 2.06. The lowest BCUT2D eigenvalue weighted by Gasteiger charge is -2.07. The summed E-state index contributed by atoms with van der Waals surface area (Å²) in [7, 11) is 0. The fourth-order valence-corrected chi connectivity index (χ4v) is 1.48. The van der Waals surface area contributed by atoms with Crippen molar-refractivity contribution >= 4 is 11.7 Å². The molecule has 0 bridgehead atoms. The van der Waals surface area contributed by atoms with Crippen LogP contribution in [0.4, 0.5) is 5.69 Å². The van der Waals surface area contributed by atoms with Crippen LogP contribution >= 0.6 is 0 Å². The van der Waals surface area contributed by atoms with Crippen molar-refractivity contribution in [2.24, 2.45) is 0 Å². The smallest absolute Gasteiger partial charge is 0.338 e. The topological polar surface area (TPSA) is 80.0 Å². The Labute approximate surface area is 125 Å². The highest BCUT2D eigenvalue weighted by molar-refractivity contribution is 5.89. The molecule has 1 aromatic rings. The van der Waals surface area contributed by atoms with E-state index in [1.54, 1.807) is 24.3 Å². The van der Waals surface area contributed by atoms with Crippen molar-refractivity contribution in [3.8, 4) is 0 Å². The molecule has 0 aliphatic rings. The van der Waals surface area contributed by atoms with Gasteiger partial charge in [0.2, 0.25) is 0 Å². The minimum Gasteiger partial charge on any atom is -0.460 e. The number of benzene rings is 1. The summed E-state index contributed by atoms with van der Waals surface area (Å²) in [6, 6.07) is 6.58. The summed E-state index contributed by atoms with van der Waals surface area (Å²) >= 11 is 0. The molecule has 118 valence electrons. The number of carbonyl (C=O) groups excluding carboxylic acids is 1. The summed E-state index contributed by atoms with van der Waals surface area (Å²) in [6.45, 7) is 5.30. The van der Waals surface area contributed by atoms with Gasteiger partial charge in [-0.05, 0) is 31.2 Å². The lowest BCUT2D eigenvalue weighted by Crippen LogP contribution is -2.14. The molecule has 21 heavy (non-hydrogen) atoms. The number of hydrogen-bond acceptors (Lipinski definition) is 6. The van der Waals surface area contributed by atoms with Gasteiger partial charge >= 0.3 is 5.97 Å². The SMILES string of the molecule is CCOCCOCCOCCOC(=O)c1ccc(N)cc1. The van der Waals surface area contributed by atoms with Gasteiger partial charge in [-0.2, -0.15) is 0 Å². The molecule has 0 aromatic heterocycles. The fourth-order valence-electron chi connectivity index (χ4n) is 1.48. The molecular weight excluding hydrogens is 274 g/mol. The van der Waals surface area contributed by atoms with E-state index in [-0.39, 0.29) is 12.6 Å². The number of ether oxygens (including phenoxy) is 4. The average Bonchev–Trinajstić information content (AvgIpc) is 2.49. The molecule has 0 spiro atoms. The van der Waals surface area contributed by atoms with Crippen LogP contribution in [0.15, 0.2) is 24.3 Å². The van der Waals surface area contributed by atoms with Gasteiger partial charge in [0.15, 0.2) is 0 Å². The molecular formula is C15H23NO5. The third-order valence-electron chi connectivity index (χ3n) is 2.56. The lowest BCUT2D eigenvalue weighted by molar-refractivity contribution is 0.00180. The Bertz CT molecular complexity index is 394. The van der Waals surface area contributed by atoms with Crippen LogP contribution in [0, 0.1) is 0 Å². The van der Waals surface area contributed by atoms with Gasteiger partial charge in [0.1, 0.15) is 6.61 Å². The summed E-state index contributed by atoms with van der Waals surface area (Å²) in [5.74, 6) is -0.383. The number of rotatable bonds is 11. The molecule has 0 radical (unpaired) electrons. The minimum absolute atomic E-state index is 0.210. The van der Waals surface area contributed by atoms with Crippen LogP contribution in [0.25, 0.3) is 0 Å². The molecule has 0 saturated heterocycles. The molecule has 6 nitrogen and oxygen atoms in total. The van der Waals surface area contributed by atoms with Crippen LogP contribution < -0.4 is 5.73 Å². The van der Waals surface area contributed by atoms with Gasteiger partial charge in [0.25, 0.3) is 0 Å². The van der Waals surface area contributed by atoms with E-state index in [2.05, 4.69) is 0 Å². The molecule has 0 amide bonds. The second kappa shape index (κ2) is 11.1. The summed E-state index contributed by atoms with van der Waals surface area (Å²) in [5.41, 5.74) is 6.63. The molecule has 2 N–H and O–H groups in total. The monoisotopic (exact) mass is 297 g/mol. The first-order chi connectivity index (χ1) is 10.2. The second-order valence-corrected chi connectivity index (χ2v) is 4.18. The maximum Gasteiger partial charge on any atom is 0.338 e. The van der Waals surface area contributed by atoms with Crippen molar-refractivity contribution in [3.05, 3.63) is 29.8 Å². The molecule has 0 atom stereocenters. The standard InChI is InChI=1S/C15H23NO5/c1-2-18-7-8-19-9-10-20-11-12-21-15(17)13-3-5-14(16)6-4-13/h3-6H,2,7-12,16H2,1H3. The number of esters is 1. The van der Waals surface area contributed by atoms with Crippen LogP contribution in [0.1, 0.15) is 17.3 Å². The Morgan fingerprint density at radius 1 is 0.905 bits per heavy atom. The quantitative estimate of drug-likeness (QED) is 0.379. The first-order valence-corrected chi connectivity index (χ1v) is 7.00. The second-order valence-electron chi connectivity index (χ2n) is 4.18. The van der Waals surface area contributed by atoms with E-state index in [1.807, 2.05) is 6.92 Å². The predicted molar refractivity (Wildman–Crippen MR) is 79.3 cm³/mol. The number of nitrogen functional groups attached to an aromatic ring is 1. The van der Waals surface area contributed by atoms with Gasteiger partial charge in [0, 0.05) is 12.3 Å². The third-order valence-corrected chi connectivity index (χ3v) is 2.56. The zero-order valence-electron chi connectivity index (χ0n) is 12.4. The minimum atomic E-state index is -0.383. The average molecular weight is 297 g/mol. The van der Waals surface area contributed by atoms with E-state index in [9.17, 15) is 4.79 Å². The van der Waals surface area contributed by atoms with Gasteiger partial charge in [-0.15, -0.1) is 0 Å². The Hall–Kier alpha value is -1.63. The van der Waals surface area contributed by atoms with E-state index in [1.165, 1.54) is 0 Å². The molecule has 0 fully saturated rings. The van der Waals surface area contributed by atoms with Crippen LogP contribution in [0.5, 0.6) is 0 Å². The molecule has 0 aliphatic carbocycles. The maximum absolute atomic E-state index is 11.6. The van der Waals surface area contributed by atoms with Crippen molar-refractivity contribution in [2.45, 2.75) is 6.92 Å².